The number of piperidine rings is 1. The van der Waals surface area contributed by atoms with Crippen molar-refractivity contribution in [3.8, 4) is 0 Å². The topological polar surface area (TPSA) is 91.4 Å². The Morgan fingerprint density at radius 1 is 1.41 bits per heavy atom. The van der Waals surface area contributed by atoms with E-state index in [0.717, 1.165) is 12.2 Å². The van der Waals surface area contributed by atoms with Gasteiger partial charge < -0.3 is 14.5 Å². The SMILES string of the molecule is Cc1nc([C@@H]2CN(C(=O)[C@@H]3CCN(C)C(=O)C3)CCO2)n[nH]1. The maximum Gasteiger partial charge on any atom is 0.226 e. The number of likely N-dealkylation sites (tertiary alicyclic amines) is 1. The summed E-state index contributed by atoms with van der Waals surface area (Å²) in [5.41, 5.74) is 0. The summed E-state index contributed by atoms with van der Waals surface area (Å²) in [6.07, 6.45) is 0.726. The fourth-order valence-electron chi connectivity index (χ4n) is 2.92. The molecule has 120 valence electrons. The van der Waals surface area contributed by atoms with Crippen molar-refractivity contribution in [1.82, 2.24) is 25.0 Å². The Kier molecular flexibility index (Phi) is 4.10. The first kappa shape index (κ1) is 15.0. The number of aromatic nitrogens is 3. The molecule has 8 nitrogen and oxygen atoms in total. The van der Waals surface area contributed by atoms with Gasteiger partial charge in [0, 0.05) is 32.5 Å². The fraction of sp³-hybridized carbons (Fsp3) is 0.714. The number of nitrogens with one attached hydrogen (secondary N) is 1. The van der Waals surface area contributed by atoms with E-state index in [-0.39, 0.29) is 23.8 Å². The maximum absolute atomic E-state index is 12.6. The maximum atomic E-state index is 12.6. The first-order valence-corrected chi connectivity index (χ1v) is 7.58. The lowest BCUT2D eigenvalue weighted by Gasteiger charge is -2.36. The number of morpholine rings is 1. The van der Waals surface area contributed by atoms with E-state index in [1.54, 1.807) is 16.8 Å². The van der Waals surface area contributed by atoms with Crippen molar-refractivity contribution < 1.29 is 14.3 Å². The molecule has 2 amide bonds. The zero-order valence-corrected chi connectivity index (χ0v) is 12.9. The molecule has 0 aromatic carbocycles. The van der Waals surface area contributed by atoms with Crippen molar-refractivity contribution in [2.45, 2.75) is 25.9 Å². The lowest BCUT2D eigenvalue weighted by atomic mass is 9.94. The molecular weight excluding hydrogens is 286 g/mol. The largest absolute Gasteiger partial charge is 0.366 e. The molecule has 0 aliphatic carbocycles. The van der Waals surface area contributed by atoms with Gasteiger partial charge in [-0.25, -0.2) is 4.98 Å². The molecule has 1 aromatic heterocycles. The number of H-pyrrole nitrogens is 1. The number of aryl methyl sites for hydroxylation is 1. The quantitative estimate of drug-likeness (QED) is 0.822. The molecule has 3 heterocycles. The molecule has 2 fully saturated rings. The summed E-state index contributed by atoms with van der Waals surface area (Å²) in [5, 5.41) is 6.90. The highest BCUT2D eigenvalue weighted by atomic mass is 16.5. The number of carbonyl (C=O) groups is 2. The number of hydrogen-bond acceptors (Lipinski definition) is 5. The van der Waals surface area contributed by atoms with Crippen molar-refractivity contribution in [3.63, 3.8) is 0 Å². The van der Waals surface area contributed by atoms with E-state index in [9.17, 15) is 9.59 Å². The standard InChI is InChI=1S/C14H21N5O3/c1-9-15-13(17-16-9)11-8-19(5-6-22-11)14(21)10-3-4-18(2)12(20)7-10/h10-11H,3-8H2,1-2H3,(H,15,16,17)/t10-,11+/m1/s1. The second-order valence-corrected chi connectivity index (χ2v) is 5.93. The van der Waals surface area contributed by atoms with Crippen LogP contribution in [-0.4, -0.2) is 70.1 Å². The summed E-state index contributed by atoms with van der Waals surface area (Å²) in [7, 11) is 1.78. The summed E-state index contributed by atoms with van der Waals surface area (Å²) in [6, 6.07) is 0. The molecule has 2 saturated heterocycles. The van der Waals surface area contributed by atoms with Crippen LogP contribution < -0.4 is 0 Å². The van der Waals surface area contributed by atoms with E-state index in [4.69, 9.17) is 4.74 Å². The summed E-state index contributed by atoms with van der Waals surface area (Å²) < 4.78 is 5.67. The zero-order chi connectivity index (χ0) is 15.7. The van der Waals surface area contributed by atoms with E-state index in [2.05, 4.69) is 15.2 Å². The molecule has 2 atom stereocenters. The van der Waals surface area contributed by atoms with Gasteiger partial charge in [-0.15, -0.1) is 0 Å². The molecule has 1 N–H and O–H groups in total. The molecule has 0 unspecified atom stereocenters. The molecular formula is C14H21N5O3. The van der Waals surface area contributed by atoms with Crippen LogP contribution in [0.1, 0.15) is 30.6 Å². The minimum absolute atomic E-state index is 0.0407. The van der Waals surface area contributed by atoms with Gasteiger partial charge in [0.1, 0.15) is 11.9 Å². The van der Waals surface area contributed by atoms with Crippen LogP contribution in [0.2, 0.25) is 0 Å². The van der Waals surface area contributed by atoms with E-state index in [0.29, 0.717) is 38.5 Å². The van der Waals surface area contributed by atoms with Gasteiger partial charge in [0.25, 0.3) is 0 Å². The minimum atomic E-state index is -0.301. The molecule has 0 radical (unpaired) electrons. The lowest BCUT2D eigenvalue weighted by Crippen LogP contribution is -2.48. The Labute approximate surface area is 128 Å². The molecule has 22 heavy (non-hydrogen) atoms. The minimum Gasteiger partial charge on any atom is -0.366 e. The van der Waals surface area contributed by atoms with Gasteiger partial charge in [-0.1, -0.05) is 0 Å². The Morgan fingerprint density at radius 2 is 2.23 bits per heavy atom. The average molecular weight is 307 g/mol. The molecule has 8 heteroatoms. The van der Waals surface area contributed by atoms with Crippen LogP contribution in [0.3, 0.4) is 0 Å². The van der Waals surface area contributed by atoms with Crippen molar-refractivity contribution in [2.75, 3.05) is 33.3 Å². The number of ether oxygens (including phenoxy) is 1. The number of nitrogens with zero attached hydrogens (tertiary/aromatic N) is 4. The second kappa shape index (κ2) is 6.04. The van der Waals surface area contributed by atoms with E-state index >= 15 is 0 Å². The highest BCUT2D eigenvalue weighted by molar-refractivity contribution is 5.87. The second-order valence-electron chi connectivity index (χ2n) is 5.93. The van der Waals surface area contributed by atoms with Gasteiger partial charge in [-0.05, 0) is 13.3 Å². The average Bonchev–Trinajstić information content (AvgIpc) is 2.96. The van der Waals surface area contributed by atoms with E-state index in [1.165, 1.54) is 0 Å². The Morgan fingerprint density at radius 3 is 2.91 bits per heavy atom. The van der Waals surface area contributed by atoms with Gasteiger partial charge in [-0.2, -0.15) is 5.10 Å². The van der Waals surface area contributed by atoms with E-state index in [1.807, 2.05) is 6.92 Å². The van der Waals surface area contributed by atoms with Gasteiger partial charge >= 0.3 is 0 Å². The summed E-state index contributed by atoms with van der Waals surface area (Å²) in [6.45, 7) is 3.93. The first-order chi connectivity index (χ1) is 10.5. The van der Waals surface area contributed by atoms with Crippen LogP contribution in [-0.2, 0) is 14.3 Å². The third-order valence-corrected chi connectivity index (χ3v) is 4.29. The van der Waals surface area contributed by atoms with Crippen molar-refractivity contribution in [2.24, 2.45) is 5.92 Å². The Bertz CT molecular complexity index is 573. The third kappa shape index (κ3) is 2.96. The predicted octanol–water partition coefficient (Wildman–Crippen LogP) is -0.119. The lowest BCUT2D eigenvalue weighted by molar-refractivity contribution is -0.149. The molecule has 0 saturated carbocycles. The molecule has 0 spiro atoms. The predicted molar refractivity (Wildman–Crippen MR) is 76.8 cm³/mol. The van der Waals surface area contributed by atoms with Gasteiger partial charge in [0.05, 0.1) is 13.2 Å². The third-order valence-electron chi connectivity index (χ3n) is 4.29. The van der Waals surface area contributed by atoms with Crippen LogP contribution in [0.25, 0.3) is 0 Å². The summed E-state index contributed by atoms with van der Waals surface area (Å²) >= 11 is 0. The highest BCUT2D eigenvalue weighted by Crippen LogP contribution is 2.24. The molecule has 0 bridgehead atoms. The van der Waals surface area contributed by atoms with Gasteiger partial charge in [0.15, 0.2) is 5.82 Å². The van der Waals surface area contributed by atoms with E-state index < -0.39 is 0 Å². The Hall–Kier alpha value is -1.96. The number of carbonyl (C=O) groups excluding carboxylic acids is 2. The Balaban J connectivity index is 1.64. The van der Waals surface area contributed by atoms with Gasteiger partial charge in [0.2, 0.25) is 11.8 Å². The summed E-state index contributed by atoms with van der Waals surface area (Å²) in [5.74, 6) is 1.18. The molecule has 3 rings (SSSR count). The normalized spacial score (nSPS) is 26.4. The van der Waals surface area contributed by atoms with Crippen LogP contribution in [0.5, 0.6) is 0 Å². The highest BCUT2D eigenvalue weighted by Gasteiger charge is 2.35. The first-order valence-electron chi connectivity index (χ1n) is 7.58. The van der Waals surface area contributed by atoms with Crippen LogP contribution >= 0.6 is 0 Å². The monoisotopic (exact) mass is 307 g/mol. The number of aromatic amines is 1. The fourth-order valence-corrected chi connectivity index (χ4v) is 2.92. The molecule has 1 aromatic rings. The van der Waals surface area contributed by atoms with Crippen LogP contribution in [0.4, 0.5) is 0 Å². The van der Waals surface area contributed by atoms with Crippen LogP contribution in [0.15, 0.2) is 0 Å². The smallest absolute Gasteiger partial charge is 0.226 e. The molecule has 2 aliphatic rings. The number of amides is 2. The van der Waals surface area contributed by atoms with Crippen molar-refractivity contribution in [3.05, 3.63) is 11.6 Å². The number of hydrogen-bond donors (Lipinski definition) is 1. The van der Waals surface area contributed by atoms with Crippen molar-refractivity contribution in [1.29, 1.82) is 0 Å². The van der Waals surface area contributed by atoms with Crippen LogP contribution in [0, 0.1) is 12.8 Å². The number of rotatable bonds is 2. The van der Waals surface area contributed by atoms with Gasteiger partial charge in [-0.3, -0.25) is 14.7 Å². The zero-order valence-electron chi connectivity index (χ0n) is 12.9. The molecule has 2 aliphatic heterocycles. The van der Waals surface area contributed by atoms with Crippen molar-refractivity contribution >= 4 is 11.8 Å². The summed E-state index contributed by atoms with van der Waals surface area (Å²) in [4.78, 5) is 32.2.